The Morgan fingerprint density at radius 3 is 2.61 bits per heavy atom. The van der Waals surface area contributed by atoms with Crippen molar-refractivity contribution in [1.29, 1.82) is 0 Å². The SMILES string of the molecule is C=CCN1CCN([C@H](c2ccc(Cl)cc2)c2nnnn2Cc2ccco2)CC1. The minimum Gasteiger partial charge on any atom is -0.467 e. The summed E-state index contributed by atoms with van der Waals surface area (Å²) in [7, 11) is 0. The number of nitrogens with zero attached hydrogens (tertiary/aromatic N) is 6. The molecule has 1 aliphatic heterocycles. The molecule has 3 aromatic rings. The van der Waals surface area contributed by atoms with Gasteiger partial charge in [0.25, 0.3) is 0 Å². The van der Waals surface area contributed by atoms with Gasteiger partial charge < -0.3 is 4.42 Å². The van der Waals surface area contributed by atoms with E-state index in [0.717, 1.165) is 49.9 Å². The highest BCUT2D eigenvalue weighted by molar-refractivity contribution is 6.30. The molecule has 3 heterocycles. The van der Waals surface area contributed by atoms with Crippen LogP contribution in [0.4, 0.5) is 0 Å². The molecule has 1 fully saturated rings. The van der Waals surface area contributed by atoms with E-state index >= 15 is 0 Å². The molecule has 0 bridgehead atoms. The topological polar surface area (TPSA) is 63.2 Å². The molecular formula is C20H23ClN6O. The van der Waals surface area contributed by atoms with Crippen LogP contribution in [-0.2, 0) is 6.54 Å². The minimum absolute atomic E-state index is 0.0480. The number of hydrogen-bond donors (Lipinski definition) is 0. The normalized spacial score (nSPS) is 16.9. The molecule has 1 saturated heterocycles. The van der Waals surface area contributed by atoms with E-state index in [1.807, 2.05) is 35.0 Å². The van der Waals surface area contributed by atoms with Gasteiger partial charge in [-0.15, -0.1) is 11.7 Å². The second-order valence-electron chi connectivity index (χ2n) is 6.85. The Kier molecular flexibility index (Phi) is 5.85. The number of rotatable bonds is 7. The molecule has 0 aliphatic carbocycles. The highest BCUT2D eigenvalue weighted by Gasteiger charge is 2.30. The molecule has 146 valence electrons. The van der Waals surface area contributed by atoms with Crippen LogP contribution in [0.15, 0.2) is 59.7 Å². The zero-order chi connectivity index (χ0) is 19.3. The molecule has 0 saturated carbocycles. The molecule has 1 aliphatic rings. The van der Waals surface area contributed by atoms with Gasteiger partial charge in [0.1, 0.15) is 12.3 Å². The first-order valence-electron chi connectivity index (χ1n) is 9.36. The predicted octanol–water partition coefficient (Wildman–Crippen LogP) is 2.86. The summed E-state index contributed by atoms with van der Waals surface area (Å²) in [5, 5.41) is 13.3. The first-order valence-corrected chi connectivity index (χ1v) is 9.73. The number of hydrogen-bond acceptors (Lipinski definition) is 6. The van der Waals surface area contributed by atoms with Gasteiger partial charge in [-0.2, -0.15) is 0 Å². The van der Waals surface area contributed by atoms with Crippen molar-refractivity contribution in [2.75, 3.05) is 32.7 Å². The van der Waals surface area contributed by atoms with E-state index in [4.69, 9.17) is 16.0 Å². The third-order valence-corrected chi connectivity index (χ3v) is 5.29. The van der Waals surface area contributed by atoms with Crippen LogP contribution in [0.2, 0.25) is 5.02 Å². The summed E-state index contributed by atoms with van der Waals surface area (Å²) in [6.45, 7) is 9.07. The van der Waals surface area contributed by atoms with Crippen molar-refractivity contribution < 1.29 is 4.42 Å². The van der Waals surface area contributed by atoms with Crippen LogP contribution in [-0.4, -0.2) is 62.7 Å². The van der Waals surface area contributed by atoms with E-state index in [9.17, 15) is 0 Å². The average Bonchev–Trinajstić information content (AvgIpc) is 3.38. The second kappa shape index (κ2) is 8.68. The maximum Gasteiger partial charge on any atom is 0.173 e. The van der Waals surface area contributed by atoms with Gasteiger partial charge in [0.15, 0.2) is 5.82 Å². The zero-order valence-corrected chi connectivity index (χ0v) is 16.4. The number of benzene rings is 1. The van der Waals surface area contributed by atoms with Gasteiger partial charge in [-0.05, 0) is 40.3 Å². The van der Waals surface area contributed by atoms with Crippen LogP contribution < -0.4 is 0 Å². The number of piperazine rings is 1. The highest BCUT2D eigenvalue weighted by atomic mass is 35.5. The molecule has 7 nitrogen and oxygen atoms in total. The number of halogens is 1. The van der Waals surface area contributed by atoms with Gasteiger partial charge in [0.05, 0.1) is 12.3 Å². The summed E-state index contributed by atoms with van der Waals surface area (Å²) < 4.78 is 7.30. The van der Waals surface area contributed by atoms with Crippen LogP contribution >= 0.6 is 11.6 Å². The Hall–Kier alpha value is -2.48. The lowest BCUT2D eigenvalue weighted by molar-refractivity contribution is 0.112. The van der Waals surface area contributed by atoms with Crippen molar-refractivity contribution in [2.45, 2.75) is 12.6 Å². The van der Waals surface area contributed by atoms with Gasteiger partial charge in [0.2, 0.25) is 0 Å². The molecular weight excluding hydrogens is 376 g/mol. The molecule has 0 radical (unpaired) electrons. The van der Waals surface area contributed by atoms with Crippen LogP contribution in [0.3, 0.4) is 0 Å². The highest BCUT2D eigenvalue weighted by Crippen LogP contribution is 2.29. The molecule has 8 heteroatoms. The third kappa shape index (κ3) is 4.16. The summed E-state index contributed by atoms with van der Waals surface area (Å²) in [5.74, 6) is 1.62. The lowest BCUT2D eigenvalue weighted by atomic mass is 10.0. The fourth-order valence-electron chi connectivity index (χ4n) is 3.63. The Morgan fingerprint density at radius 1 is 1.14 bits per heavy atom. The van der Waals surface area contributed by atoms with Crippen molar-refractivity contribution in [2.24, 2.45) is 0 Å². The van der Waals surface area contributed by atoms with E-state index in [0.29, 0.717) is 11.6 Å². The standard InChI is InChI=1S/C20H23ClN6O/c1-2-9-25-10-12-26(13-11-25)19(16-5-7-17(21)8-6-16)20-22-23-24-27(20)15-18-4-3-14-28-18/h2-8,14,19H,1,9-13,15H2/t19-/m1/s1. The fourth-order valence-corrected chi connectivity index (χ4v) is 3.75. The summed E-state index contributed by atoms with van der Waals surface area (Å²) in [4.78, 5) is 4.82. The van der Waals surface area contributed by atoms with Crippen LogP contribution in [0.1, 0.15) is 23.2 Å². The molecule has 0 unspecified atom stereocenters. The maximum atomic E-state index is 6.12. The Morgan fingerprint density at radius 2 is 1.93 bits per heavy atom. The summed E-state index contributed by atoms with van der Waals surface area (Å²) in [6.07, 6.45) is 3.62. The largest absolute Gasteiger partial charge is 0.467 e. The Bertz CT molecular complexity index is 884. The maximum absolute atomic E-state index is 6.12. The van der Waals surface area contributed by atoms with Crippen molar-refractivity contribution >= 4 is 11.6 Å². The number of tetrazole rings is 1. The summed E-state index contributed by atoms with van der Waals surface area (Å²) >= 11 is 6.12. The molecule has 0 spiro atoms. The third-order valence-electron chi connectivity index (χ3n) is 5.03. The van der Waals surface area contributed by atoms with E-state index in [1.54, 1.807) is 6.26 Å². The number of aromatic nitrogens is 4. The summed E-state index contributed by atoms with van der Waals surface area (Å²) in [5.41, 5.74) is 1.12. The quantitative estimate of drug-likeness (QED) is 0.570. The molecule has 0 N–H and O–H groups in total. The Labute approximate surface area is 169 Å². The predicted molar refractivity (Wildman–Crippen MR) is 107 cm³/mol. The molecule has 2 aromatic heterocycles. The zero-order valence-electron chi connectivity index (χ0n) is 15.6. The van der Waals surface area contributed by atoms with E-state index in [1.165, 1.54) is 0 Å². The van der Waals surface area contributed by atoms with Crippen LogP contribution in [0.25, 0.3) is 0 Å². The lowest BCUT2D eigenvalue weighted by Crippen LogP contribution is -2.48. The Balaban J connectivity index is 1.64. The van der Waals surface area contributed by atoms with E-state index < -0.39 is 0 Å². The second-order valence-corrected chi connectivity index (χ2v) is 7.29. The van der Waals surface area contributed by atoms with Crippen molar-refractivity contribution in [3.05, 3.63) is 77.5 Å². The van der Waals surface area contributed by atoms with Gasteiger partial charge in [-0.1, -0.05) is 29.8 Å². The van der Waals surface area contributed by atoms with Crippen molar-refractivity contribution in [3.8, 4) is 0 Å². The molecule has 4 rings (SSSR count). The number of furan rings is 1. The van der Waals surface area contributed by atoms with Crippen molar-refractivity contribution in [3.63, 3.8) is 0 Å². The van der Waals surface area contributed by atoms with Gasteiger partial charge >= 0.3 is 0 Å². The average molecular weight is 399 g/mol. The lowest BCUT2D eigenvalue weighted by Gasteiger charge is -2.38. The van der Waals surface area contributed by atoms with E-state index in [2.05, 4.69) is 44.0 Å². The molecule has 1 aromatic carbocycles. The van der Waals surface area contributed by atoms with E-state index in [-0.39, 0.29) is 6.04 Å². The van der Waals surface area contributed by atoms with Gasteiger partial charge in [-0.25, -0.2) is 4.68 Å². The van der Waals surface area contributed by atoms with Gasteiger partial charge in [0, 0.05) is 37.7 Å². The minimum atomic E-state index is -0.0480. The summed E-state index contributed by atoms with van der Waals surface area (Å²) in [6, 6.07) is 11.7. The molecule has 28 heavy (non-hydrogen) atoms. The smallest absolute Gasteiger partial charge is 0.173 e. The fraction of sp³-hybridized carbons (Fsp3) is 0.350. The van der Waals surface area contributed by atoms with Crippen LogP contribution in [0, 0.1) is 0 Å². The first-order chi connectivity index (χ1) is 13.7. The molecule has 1 atom stereocenters. The van der Waals surface area contributed by atoms with Crippen molar-refractivity contribution in [1.82, 2.24) is 30.0 Å². The van der Waals surface area contributed by atoms with Crippen LogP contribution in [0.5, 0.6) is 0 Å². The monoisotopic (exact) mass is 398 g/mol. The first kappa shape index (κ1) is 18.9. The van der Waals surface area contributed by atoms with Gasteiger partial charge in [-0.3, -0.25) is 9.80 Å². The molecule has 0 amide bonds.